The van der Waals surface area contributed by atoms with Gasteiger partial charge in [0.05, 0.1) is 19.8 Å². The van der Waals surface area contributed by atoms with Crippen LogP contribution < -0.4 is 6.15 Å². The number of hydrogen-bond donors (Lipinski definition) is 4. The Morgan fingerprint density at radius 3 is 1.40 bits per heavy atom. The van der Waals surface area contributed by atoms with E-state index in [-0.39, 0.29) is 25.6 Å². The third-order valence-corrected chi connectivity index (χ3v) is 9.87. The lowest BCUT2D eigenvalue weighted by Gasteiger charge is -2.20. The van der Waals surface area contributed by atoms with Crippen LogP contribution in [0.2, 0.25) is 0 Å². The predicted octanol–water partition coefficient (Wildman–Crippen LogP) is 10.6. The van der Waals surface area contributed by atoms with Gasteiger partial charge in [0.2, 0.25) is 0 Å². The molecule has 310 valence electrons. The Kier molecular flexibility index (Phi) is 40.0. The molecule has 0 saturated carbocycles. The van der Waals surface area contributed by atoms with Crippen molar-refractivity contribution in [1.82, 2.24) is 6.15 Å². The van der Waals surface area contributed by atoms with Gasteiger partial charge < -0.3 is 30.7 Å². The van der Waals surface area contributed by atoms with Gasteiger partial charge in [-0.1, -0.05) is 154 Å². The Morgan fingerprint density at radius 1 is 0.577 bits per heavy atom. The van der Waals surface area contributed by atoms with Crippen LogP contribution in [-0.2, 0) is 32.7 Å². The fraction of sp³-hybridized carbons (Fsp3) is 0.900. The lowest BCUT2D eigenvalue weighted by molar-refractivity contribution is -0.161. The van der Waals surface area contributed by atoms with E-state index in [1.165, 1.54) is 96.3 Å². The van der Waals surface area contributed by atoms with Crippen LogP contribution in [0.15, 0.2) is 12.2 Å². The molecule has 0 spiro atoms. The Morgan fingerprint density at radius 2 is 0.962 bits per heavy atom. The first-order valence-corrected chi connectivity index (χ1v) is 22.1. The van der Waals surface area contributed by atoms with Gasteiger partial charge in [0.15, 0.2) is 6.10 Å². The number of aliphatic hydroxyl groups excluding tert-OH is 2. The third-order valence-electron chi connectivity index (χ3n) is 8.92. The number of carbonyl (C=O) groups excluding carboxylic acids is 2. The maximum absolute atomic E-state index is 12.6. The van der Waals surface area contributed by atoms with E-state index in [4.69, 9.17) is 19.1 Å². The van der Waals surface area contributed by atoms with Crippen LogP contribution in [0.3, 0.4) is 0 Å². The fourth-order valence-electron chi connectivity index (χ4n) is 5.69. The monoisotopic (exact) mass is 766 g/mol. The van der Waals surface area contributed by atoms with Crippen LogP contribution in [0.25, 0.3) is 0 Å². The number of rotatable bonds is 39. The average molecular weight is 766 g/mol. The molecule has 0 bridgehead atoms. The summed E-state index contributed by atoms with van der Waals surface area (Å²) in [4.78, 5) is 34.9. The molecule has 6 N–H and O–H groups in total. The van der Waals surface area contributed by atoms with Crippen LogP contribution in [0, 0.1) is 0 Å². The van der Waals surface area contributed by atoms with E-state index in [0.29, 0.717) is 12.8 Å². The third kappa shape index (κ3) is 38.4. The number of unbranched alkanes of at least 4 members (excludes halogenated alkanes) is 23. The maximum atomic E-state index is 12.6. The summed E-state index contributed by atoms with van der Waals surface area (Å²) in [6, 6.07) is 0. The molecular formula is C40H80NO10P. The van der Waals surface area contributed by atoms with Crippen molar-refractivity contribution in [2.45, 2.75) is 206 Å². The normalized spacial score (nSPS) is 13.8. The first-order chi connectivity index (χ1) is 24.7. The highest BCUT2D eigenvalue weighted by Gasteiger charge is 2.27. The van der Waals surface area contributed by atoms with Crippen LogP contribution in [0.1, 0.15) is 194 Å². The largest absolute Gasteiger partial charge is 0.472 e. The smallest absolute Gasteiger partial charge is 0.462 e. The van der Waals surface area contributed by atoms with Gasteiger partial charge in [0.25, 0.3) is 0 Å². The zero-order chi connectivity index (χ0) is 37.7. The zero-order valence-electron chi connectivity index (χ0n) is 33.3. The van der Waals surface area contributed by atoms with E-state index < -0.39 is 51.8 Å². The molecule has 0 aromatic carbocycles. The lowest BCUT2D eigenvalue weighted by Crippen LogP contribution is -2.29. The molecule has 0 saturated heterocycles. The number of hydrogen-bond acceptors (Lipinski definition) is 10. The molecule has 2 unspecified atom stereocenters. The maximum Gasteiger partial charge on any atom is 0.472 e. The van der Waals surface area contributed by atoms with Gasteiger partial charge in [-0.3, -0.25) is 18.6 Å². The van der Waals surface area contributed by atoms with E-state index in [1.54, 1.807) is 0 Å². The highest BCUT2D eigenvalue weighted by molar-refractivity contribution is 7.47. The number of carbonyl (C=O) groups is 2. The predicted molar refractivity (Wildman–Crippen MR) is 210 cm³/mol. The van der Waals surface area contributed by atoms with Crippen molar-refractivity contribution >= 4 is 19.8 Å². The van der Waals surface area contributed by atoms with Crippen molar-refractivity contribution in [2.75, 3.05) is 26.4 Å². The van der Waals surface area contributed by atoms with E-state index in [0.717, 1.165) is 57.8 Å². The lowest BCUT2D eigenvalue weighted by atomic mass is 10.0. The summed E-state index contributed by atoms with van der Waals surface area (Å²) in [5, 5.41) is 18.3. The summed E-state index contributed by atoms with van der Waals surface area (Å²) in [5.41, 5.74) is 0. The fourth-order valence-corrected chi connectivity index (χ4v) is 6.48. The highest BCUT2D eigenvalue weighted by atomic mass is 31.2. The number of esters is 2. The second-order valence-corrected chi connectivity index (χ2v) is 15.5. The molecule has 0 rings (SSSR count). The molecule has 0 fully saturated rings. The van der Waals surface area contributed by atoms with E-state index in [1.807, 2.05) is 0 Å². The molecule has 0 aromatic rings. The van der Waals surface area contributed by atoms with Crippen LogP contribution >= 0.6 is 7.82 Å². The van der Waals surface area contributed by atoms with Crippen molar-refractivity contribution in [1.29, 1.82) is 0 Å². The summed E-state index contributed by atoms with van der Waals surface area (Å²) in [7, 11) is -4.61. The Bertz CT molecular complexity index is 875. The molecule has 0 radical (unpaired) electrons. The summed E-state index contributed by atoms with van der Waals surface area (Å²) >= 11 is 0. The second-order valence-electron chi connectivity index (χ2n) is 14.0. The van der Waals surface area contributed by atoms with Gasteiger partial charge in [0, 0.05) is 12.8 Å². The number of phosphoric acid groups is 1. The summed E-state index contributed by atoms with van der Waals surface area (Å²) < 4.78 is 32.6. The van der Waals surface area contributed by atoms with E-state index in [2.05, 4.69) is 30.5 Å². The minimum atomic E-state index is -4.61. The van der Waals surface area contributed by atoms with Gasteiger partial charge in [0.1, 0.15) is 12.7 Å². The molecule has 0 aliphatic heterocycles. The average Bonchev–Trinajstić information content (AvgIpc) is 3.12. The molecular weight excluding hydrogens is 685 g/mol. The Labute approximate surface area is 317 Å². The van der Waals surface area contributed by atoms with Crippen molar-refractivity contribution in [3.05, 3.63) is 12.2 Å². The van der Waals surface area contributed by atoms with Crippen LogP contribution in [-0.4, -0.2) is 65.7 Å². The SMILES string of the molecule is CCCCCCCCC=CCCCCCCCC(=O)O[C@H](COC(=O)CCCCCCCCCCCCCCC)COP(=O)(O)OCC(O)CO.N. The molecule has 52 heavy (non-hydrogen) atoms. The molecule has 3 atom stereocenters. The molecule has 0 aliphatic carbocycles. The van der Waals surface area contributed by atoms with Crippen LogP contribution in [0.4, 0.5) is 0 Å². The van der Waals surface area contributed by atoms with E-state index >= 15 is 0 Å². The Balaban J connectivity index is 0. The number of allylic oxidation sites excluding steroid dienone is 2. The molecule has 0 heterocycles. The zero-order valence-corrected chi connectivity index (χ0v) is 34.2. The van der Waals surface area contributed by atoms with Crippen molar-refractivity contribution in [2.24, 2.45) is 0 Å². The molecule has 0 aromatic heterocycles. The summed E-state index contributed by atoms with van der Waals surface area (Å²) in [6.45, 7) is 2.37. The van der Waals surface area contributed by atoms with Crippen molar-refractivity contribution < 1.29 is 47.8 Å². The molecule has 11 nitrogen and oxygen atoms in total. The first kappa shape index (κ1) is 52.8. The molecule has 12 heteroatoms. The number of phosphoric ester groups is 1. The summed E-state index contributed by atoms with van der Waals surface area (Å²) in [5.74, 6) is -0.927. The van der Waals surface area contributed by atoms with E-state index in [9.17, 15) is 24.2 Å². The second kappa shape index (κ2) is 39.4. The molecule has 0 amide bonds. The Hall–Kier alpha value is -1.33. The first-order valence-electron chi connectivity index (χ1n) is 20.6. The number of ether oxygens (including phenoxy) is 2. The van der Waals surface area contributed by atoms with Gasteiger partial charge in [-0.05, 0) is 38.5 Å². The number of aliphatic hydroxyl groups is 2. The van der Waals surface area contributed by atoms with Crippen LogP contribution in [0.5, 0.6) is 0 Å². The minimum Gasteiger partial charge on any atom is -0.462 e. The molecule has 0 aliphatic rings. The van der Waals surface area contributed by atoms with Gasteiger partial charge in [-0.2, -0.15) is 0 Å². The quantitative estimate of drug-likeness (QED) is 0.0202. The minimum absolute atomic E-state index is 0. The highest BCUT2D eigenvalue weighted by Crippen LogP contribution is 2.43. The van der Waals surface area contributed by atoms with Crippen molar-refractivity contribution in [3.8, 4) is 0 Å². The van der Waals surface area contributed by atoms with Gasteiger partial charge in [-0.15, -0.1) is 0 Å². The van der Waals surface area contributed by atoms with Gasteiger partial charge in [-0.25, -0.2) is 4.57 Å². The summed E-state index contributed by atoms with van der Waals surface area (Å²) in [6.07, 6.45) is 33.2. The van der Waals surface area contributed by atoms with Gasteiger partial charge >= 0.3 is 19.8 Å². The standard InChI is InChI=1S/C40H77O10P.H3N/c1-3-5-7-9-11-13-15-17-18-20-22-24-26-28-30-32-40(44)50-38(36-49-51(45,46)48-34-37(42)33-41)35-47-39(43)31-29-27-25-23-21-19-16-14-12-10-8-6-4-2;/h17-18,37-38,41-42H,3-16,19-36H2,1-2H3,(H,45,46);1H3/t37?,38-;/m1./s1. The topological polar surface area (TPSA) is 184 Å². The van der Waals surface area contributed by atoms with Crippen molar-refractivity contribution in [3.63, 3.8) is 0 Å².